The predicted molar refractivity (Wildman–Crippen MR) is 82.0 cm³/mol. The molecule has 0 unspecified atom stereocenters. The third-order valence-corrected chi connectivity index (χ3v) is 4.46. The van der Waals surface area contributed by atoms with Gasteiger partial charge >= 0.3 is 5.97 Å². The van der Waals surface area contributed by atoms with Crippen molar-refractivity contribution in [2.75, 3.05) is 13.1 Å². The molecule has 0 spiro atoms. The first-order valence-electron chi connectivity index (χ1n) is 7.36. The van der Waals surface area contributed by atoms with Crippen LogP contribution in [0.25, 0.3) is 10.8 Å². The van der Waals surface area contributed by atoms with E-state index < -0.39 is 11.4 Å². The van der Waals surface area contributed by atoms with Gasteiger partial charge in [-0.05, 0) is 43.3 Å². The molecule has 1 atom stereocenters. The number of hydrogen-bond acceptors (Lipinski definition) is 3. The Kier molecular flexibility index (Phi) is 3.64. The topological polar surface area (TPSA) is 53.4 Å². The number of carboxylic acids is 1. The van der Waals surface area contributed by atoms with Crippen LogP contribution in [0.3, 0.4) is 0 Å². The number of benzene rings is 1. The Morgan fingerprint density at radius 2 is 2.29 bits per heavy atom. The van der Waals surface area contributed by atoms with Gasteiger partial charge in [-0.1, -0.05) is 18.2 Å². The standard InChI is InChI=1S/C17H20N2O2/c1-17(16(20)21)7-3-9-19(12-17)11-14-5-2-4-13-10-18-8-6-15(13)14/h2,4-6,8,10H,3,7,9,11-12H2,1H3,(H,20,21)/t17-/m0/s1. The maximum absolute atomic E-state index is 11.5. The van der Waals surface area contributed by atoms with Gasteiger partial charge in [-0.25, -0.2) is 0 Å². The Hall–Kier alpha value is -1.94. The van der Waals surface area contributed by atoms with Crippen molar-refractivity contribution in [3.63, 3.8) is 0 Å². The highest BCUT2D eigenvalue weighted by molar-refractivity contribution is 5.84. The number of carbonyl (C=O) groups is 1. The molecule has 4 nitrogen and oxygen atoms in total. The summed E-state index contributed by atoms with van der Waals surface area (Å²) < 4.78 is 0. The van der Waals surface area contributed by atoms with E-state index in [1.165, 1.54) is 10.9 Å². The van der Waals surface area contributed by atoms with E-state index in [-0.39, 0.29) is 0 Å². The maximum atomic E-state index is 11.5. The summed E-state index contributed by atoms with van der Waals surface area (Å²) >= 11 is 0. The summed E-state index contributed by atoms with van der Waals surface area (Å²) in [7, 11) is 0. The van der Waals surface area contributed by atoms with Crippen LogP contribution >= 0.6 is 0 Å². The highest BCUT2D eigenvalue weighted by Gasteiger charge is 2.37. The van der Waals surface area contributed by atoms with Crippen molar-refractivity contribution < 1.29 is 9.90 Å². The molecule has 3 rings (SSSR count). The van der Waals surface area contributed by atoms with Crippen LogP contribution in [0.1, 0.15) is 25.3 Å². The molecule has 2 aromatic rings. The Labute approximate surface area is 124 Å². The van der Waals surface area contributed by atoms with Crippen LogP contribution in [0.4, 0.5) is 0 Å². The zero-order valence-corrected chi connectivity index (χ0v) is 12.2. The fourth-order valence-electron chi connectivity index (χ4n) is 3.22. The minimum atomic E-state index is -0.686. The molecule has 1 fully saturated rings. The third kappa shape index (κ3) is 2.76. The number of likely N-dealkylation sites (tertiary alicyclic amines) is 1. The fraction of sp³-hybridized carbons (Fsp3) is 0.412. The normalized spacial score (nSPS) is 23.3. The Morgan fingerprint density at radius 3 is 3.10 bits per heavy atom. The van der Waals surface area contributed by atoms with Crippen molar-refractivity contribution in [1.29, 1.82) is 0 Å². The molecule has 0 saturated carbocycles. The van der Waals surface area contributed by atoms with E-state index in [2.05, 4.69) is 22.0 Å². The van der Waals surface area contributed by atoms with Gasteiger partial charge in [0.1, 0.15) is 0 Å². The van der Waals surface area contributed by atoms with Gasteiger partial charge in [0.2, 0.25) is 0 Å². The number of aliphatic carboxylic acids is 1. The van der Waals surface area contributed by atoms with Crippen molar-refractivity contribution in [3.05, 3.63) is 42.2 Å². The predicted octanol–water partition coefficient (Wildman–Crippen LogP) is 2.92. The van der Waals surface area contributed by atoms with Crippen LogP contribution in [-0.2, 0) is 11.3 Å². The monoisotopic (exact) mass is 284 g/mol. The van der Waals surface area contributed by atoms with Gasteiger partial charge in [0.05, 0.1) is 5.41 Å². The number of nitrogens with zero attached hydrogens (tertiary/aromatic N) is 2. The molecule has 0 radical (unpaired) electrons. The van der Waals surface area contributed by atoms with Crippen LogP contribution in [0.15, 0.2) is 36.7 Å². The molecule has 1 aliphatic rings. The molecule has 0 bridgehead atoms. The van der Waals surface area contributed by atoms with Crippen LogP contribution in [0.5, 0.6) is 0 Å². The van der Waals surface area contributed by atoms with Gasteiger partial charge in [-0.2, -0.15) is 0 Å². The van der Waals surface area contributed by atoms with Gasteiger partial charge in [0.25, 0.3) is 0 Å². The number of pyridine rings is 1. The summed E-state index contributed by atoms with van der Waals surface area (Å²) in [4.78, 5) is 17.9. The molecule has 4 heteroatoms. The Balaban J connectivity index is 1.84. The molecule has 2 heterocycles. The van der Waals surface area contributed by atoms with E-state index in [0.29, 0.717) is 6.54 Å². The highest BCUT2D eigenvalue weighted by Crippen LogP contribution is 2.31. The number of aromatic nitrogens is 1. The molecule has 0 aliphatic carbocycles. The Morgan fingerprint density at radius 1 is 1.43 bits per heavy atom. The summed E-state index contributed by atoms with van der Waals surface area (Å²) in [5.74, 6) is -0.686. The molecule has 21 heavy (non-hydrogen) atoms. The third-order valence-electron chi connectivity index (χ3n) is 4.46. The van der Waals surface area contributed by atoms with E-state index in [9.17, 15) is 9.90 Å². The molecule has 110 valence electrons. The first kappa shape index (κ1) is 14.0. The van der Waals surface area contributed by atoms with Gasteiger partial charge in [0.15, 0.2) is 0 Å². The molecule has 0 amide bonds. The lowest BCUT2D eigenvalue weighted by atomic mass is 9.82. The van der Waals surface area contributed by atoms with Crippen LogP contribution < -0.4 is 0 Å². The molecular weight excluding hydrogens is 264 g/mol. The first-order chi connectivity index (χ1) is 10.1. The van der Waals surface area contributed by atoms with Crippen LogP contribution in [-0.4, -0.2) is 34.0 Å². The van der Waals surface area contributed by atoms with Crippen molar-refractivity contribution in [1.82, 2.24) is 9.88 Å². The second-order valence-corrected chi connectivity index (χ2v) is 6.19. The van der Waals surface area contributed by atoms with Crippen molar-refractivity contribution >= 4 is 16.7 Å². The fourth-order valence-corrected chi connectivity index (χ4v) is 3.22. The number of carboxylic acid groups (broad SMARTS) is 1. The van der Waals surface area contributed by atoms with Crippen LogP contribution in [0.2, 0.25) is 0 Å². The maximum Gasteiger partial charge on any atom is 0.310 e. The van der Waals surface area contributed by atoms with E-state index >= 15 is 0 Å². The smallest absolute Gasteiger partial charge is 0.310 e. The second kappa shape index (κ2) is 5.45. The SMILES string of the molecule is C[C@]1(C(=O)O)CCCN(Cc2cccc3cnccc23)C1. The zero-order chi connectivity index (χ0) is 14.9. The largest absolute Gasteiger partial charge is 0.481 e. The minimum Gasteiger partial charge on any atom is -0.481 e. The van der Waals surface area contributed by atoms with E-state index in [1.54, 1.807) is 0 Å². The minimum absolute atomic E-state index is 0.615. The number of piperidine rings is 1. The van der Waals surface area contributed by atoms with E-state index in [1.807, 2.05) is 31.5 Å². The molecule has 1 aromatic carbocycles. The molecule has 1 saturated heterocycles. The molecule has 1 aliphatic heterocycles. The van der Waals surface area contributed by atoms with Gasteiger partial charge in [-0.15, -0.1) is 0 Å². The quantitative estimate of drug-likeness (QED) is 0.941. The molecule has 1 aromatic heterocycles. The van der Waals surface area contributed by atoms with Gasteiger partial charge in [-0.3, -0.25) is 14.7 Å². The summed E-state index contributed by atoms with van der Waals surface area (Å²) in [5.41, 5.74) is 0.620. The van der Waals surface area contributed by atoms with Crippen LogP contribution in [0, 0.1) is 5.41 Å². The van der Waals surface area contributed by atoms with Gasteiger partial charge in [0, 0.05) is 30.9 Å². The second-order valence-electron chi connectivity index (χ2n) is 6.19. The summed E-state index contributed by atoms with van der Waals surface area (Å²) in [5, 5.41) is 11.8. The van der Waals surface area contributed by atoms with E-state index in [0.717, 1.165) is 31.3 Å². The lowest BCUT2D eigenvalue weighted by Crippen LogP contribution is -2.45. The summed E-state index contributed by atoms with van der Waals surface area (Å²) in [6.07, 6.45) is 5.38. The highest BCUT2D eigenvalue weighted by atomic mass is 16.4. The number of rotatable bonds is 3. The van der Waals surface area contributed by atoms with Crippen molar-refractivity contribution in [3.8, 4) is 0 Å². The average Bonchev–Trinajstić information content (AvgIpc) is 2.48. The first-order valence-corrected chi connectivity index (χ1v) is 7.36. The Bertz CT molecular complexity index is 665. The van der Waals surface area contributed by atoms with Crippen molar-refractivity contribution in [2.45, 2.75) is 26.3 Å². The molecular formula is C17H20N2O2. The molecule has 1 N–H and O–H groups in total. The van der Waals surface area contributed by atoms with Crippen molar-refractivity contribution in [2.24, 2.45) is 5.41 Å². The lowest BCUT2D eigenvalue weighted by molar-refractivity contribution is -0.151. The van der Waals surface area contributed by atoms with Gasteiger partial charge < -0.3 is 5.11 Å². The average molecular weight is 284 g/mol. The summed E-state index contributed by atoms with van der Waals surface area (Å²) in [6.45, 7) is 4.23. The zero-order valence-electron chi connectivity index (χ0n) is 12.2. The summed E-state index contributed by atoms with van der Waals surface area (Å²) in [6, 6.07) is 8.25. The number of hydrogen-bond donors (Lipinski definition) is 1. The number of fused-ring (bicyclic) bond motifs is 1. The van der Waals surface area contributed by atoms with E-state index in [4.69, 9.17) is 0 Å². The lowest BCUT2D eigenvalue weighted by Gasteiger charge is -2.37.